The molecule has 0 bridgehead atoms. The van der Waals surface area contributed by atoms with Gasteiger partial charge in [-0.25, -0.2) is 0 Å². The van der Waals surface area contributed by atoms with Gasteiger partial charge in [-0.15, -0.1) is 6.58 Å². The summed E-state index contributed by atoms with van der Waals surface area (Å²) in [6, 6.07) is 21.0. The summed E-state index contributed by atoms with van der Waals surface area (Å²) >= 11 is 0. The standard InChI is InChI=1S/C24H22N2O/c1-4-15-26-20-12-8-7-11-19(20)23(2,3)24(26)16-25-22-18-10-6-5-9-17(18)13-14-21(22)27-24/h4-14,16H,1,15H2,2-3H3. The Labute approximate surface area is 159 Å². The topological polar surface area (TPSA) is 24.8 Å². The molecule has 5 rings (SSSR count). The fourth-order valence-corrected chi connectivity index (χ4v) is 4.52. The maximum Gasteiger partial charge on any atom is 0.229 e. The number of fused-ring (bicyclic) bond motifs is 4. The number of hydrogen-bond acceptors (Lipinski definition) is 3. The zero-order chi connectivity index (χ0) is 18.6. The Morgan fingerprint density at radius 1 is 1.04 bits per heavy atom. The molecule has 0 aromatic heterocycles. The molecule has 2 aliphatic heterocycles. The van der Waals surface area contributed by atoms with E-state index in [0.29, 0.717) is 6.54 Å². The number of aliphatic imine (C=N–C) groups is 1. The van der Waals surface area contributed by atoms with E-state index in [4.69, 9.17) is 9.73 Å². The average molecular weight is 354 g/mol. The van der Waals surface area contributed by atoms with Gasteiger partial charge in [-0.2, -0.15) is 0 Å². The lowest BCUT2D eigenvalue weighted by atomic mass is 9.77. The lowest BCUT2D eigenvalue weighted by Gasteiger charge is -2.46. The highest BCUT2D eigenvalue weighted by Crippen LogP contribution is 2.54. The minimum atomic E-state index is -0.680. The molecule has 1 atom stereocenters. The zero-order valence-corrected chi connectivity index (χ0v) is 15.6. The van der Waals surface area contributed by atoms with E-state index in [-0.39, 0.29) is 5.41 Å². The monoisotopic (exact) mass is 354 g/mol. The van der Waals surface area contributed by atoms with Crippen LogP contribution in [0.25, 0.3) is 10.8 Å². The number of nitrogens with zero attached hydrogens (tertiary/aromatic N) is 2. The van der Waals surface area contributed by atoms with Crippen molar-refractivity contribution in [2.24, 2.45) is 4.99 Å². The van der Waals surface area contributed by atoms with Gasteiger partial charge in [-0.1, -0.05) is 54.6 Å². The molecule has 0 N–H and O–H groups in total. The van der Waals surface area contributed by atoms with Crippen LogP contribution in [0.5, 0.6) is 5.75 Å². The van der Waals surface area contributed by atoms with Gasteiger partial charge in [0.25, 0.3) is 0 Å². The first-order valence-corrected chi connectivity index (χ1v) is 9.32. The largest absolute Gasteiger partial charge is 0.459 e. The number of benzene rings is 3. The van der Waals surface area contributed by atoms with Crippen molar-refractivity contribution in [2.75, 3.05) is 11.4 Å². The summed E-state index contributed by atoms with van der Waals surface area (Å²) in [7, 11) is 0. The van der Waals surface area contributed by atoms with Crippen LogP contribution >= 0.6 is 0 Å². The molecule has 3 heteroatoms. The van der Waals surface area contributed by atoms with Gasteiger partial charge in [0.15, 0.2) is 0 Å². The maximum absolute atomic E-state index is 6.78. The van der Waals surface area contributed by atoms with E-state index in [1.165, 1.54) is 16.6 Å². The van der Waals surface area contributed by atoms with Crippen molar-refractivity contribution in [3.8, 4) is 5.75 Å². The minimum absolute atomic E-state index is 0.264. The second-order valence-corrected chi connectivity index (χ2v) is 7.73. The third-order valence-corrected chi connectivity index (χ3v) is 5.97. The molecule has 1 spiro atoms. The van der Waals surface area contributed by atoms with Crippen LogP contribution in [0.15, 0.2) is 78.3 Å². The van der Waals surface area contributed by atoms with Gasteiger partial charge in [0.1, 0.15) is 11.4 Å². The summed E-state index contributed by atoms with van der Waals surface area (Å²) in [5.74, 6) is 0.825. The van der Waals surface area contributed by atoms with Gasteiger partial charge in [0.2, 0.25) is 5.72 Å². The third kappa shape index (κ3) is 2.00. The van der Waals surface area contributed by atoms with Gasteiger partial charge >= 0.3 is 0 Å². The van der Waals surface area contributed by atoms with Gasteiger partial charge in [0.05, 0.1) is 11.6 Å². The molecule has 0 aliphatic carbocycles. The molecule has 0 amide bonds. The summed E-state index contributed by atoms with van der Waals surface area (Å²) in [4.78, 5) is 7.22. The number of para-hydroxylation sites is 1. The SMILES string of the molecule is C=CCN1c2ccccc2C(C)(C)C12C=Nc1c(ccc3ccccc13)O2. The summed E-state index contributed by atoms with van der Waals surface area (Å²) in [5, 5.41) is 2.29. The first kappa shape index (κ1) is 16.1. The molecule has 0 radical (unpaired) electrons. The highest BCUT2D eigenvalue weighted by molar-refractivity contribution is 5.99. The van der Waals surface area contributed by atoms with Crippen LogP contribution in [-0.2, 0) is 5.41 Å². The van der Waals surface area contributed by atoms with Gasteiger partial charge in [0, 0.05) is 17.6 Å². The molecule has 3 nitrogen and oxygen atoms in total. The lowest BCUT2D eigenvalue weighted by Crippen LogP contribution is -2.62. The van der Waals surface area contributed by atoms with Crippen molar-refractivity contribution in [1.82, 2.24) is 0 Å². The van der Waals surface area contributed by atoms with E-state index in [9.17, 15) is 0 Å². The lowest BCUT2D eigenvalue weighted by molar-refractivity contribution is 0.0800. The van der Waals surface area contributed by atoms with Crippen LogP contribution in [0.3, 0.4) is 0 Å². The van der Waals surface area contributed by atoms with Gasteiger partial charge < -0.3 is 9.64 Å². The molecule has 3 aromatic carbocycles. The third-order valence-electron chi connectivity index (χ3n) is 5.97. The van der Waals surface area contributed by atoms with E-state index >= 15 is 0 Å². The Morgan fingerprint density at radius 2 is 1.81 bits per heavy atom. The highest BCUT2D eigenvalue weighted by atomic mass is 16.5. The van der Waals surface area contributed by atoms with Gasteiger partial charge in [-0.3, -0.25) is 4.99 Å². The Bertz CT molecular complexity index is 1100. The molecule has 2 heterocycles. The summed E-state index contributed by atoms with van der Waals surface area (Å²) < 4.78 is 6.78. The van der Waals surface area contributed by atoms with Crippen LogP contribution in [0.1, 0.15) is 19.4 Å². The molecule has 1 unspecified atom stereocenters. The second kappa shape index (κ2) is 5.46. The molecule has 134 valence electrons. The minimum Gasteiger partial charge on any atom is -0.459 e. The van der Waals surface area contributed by atoms with Crippen LogP contribution < -0.4 is 9.64 Å². The number of hydrogen-bond donors (Lipinski definition) is 0. The van der Waals surface area contributed by atoms with Crippen molar-refractivity contribution in [1.29, 1.82) is 0 Å². The fourth-order valence-electron chi connectivity index (χ4n) is 4.52. The molecule has 0 saturated carbocycles. The smallest absolute Gasteiger partial charge is 0.229 e. The molecule has 2 aliphatic rings. The molecular formula is C24H22N2O. The quantitative estimate of drug-likeness (QED) is 0.558. The van der Waals surface area contributed by atoms with Crippen molar-refractivity contribution < 1.29 is 4.74 Å². The Hall–Kier alpha value is -3.07. The van der Waals surface area contributed by atoms with Gasteiger partial charge in [-0.05, 0) is 36.9 Å². The molecule has 3 aromatic rings. The number of rotatable bonds is 2. The average Bonchev–Trinajstić information content (AvgIpc) is 2.87. The maximum atomic E-state index is 6.78. The van der Waals surface area contributed by atoms with E-state index in [0.717, 1.165) is 16.8 Å². The Balaban J connectivity index is 1.73. The van der Waals surface area contributed by atoms with Crippen LogP contribution in [0.2, 0.25) is 0 Å². The Morgan fingerprint density at radius 3 is 2.67 bits per heavy atom. The first-order valence-electron chi connectivity index (χ1n) is 9.32. The van der Waals surface area contributed by atoms with E-state index in [1.54, 1.807) is 0 Å². The molecule has 0 saturated heterocycles. The number of ether oxygens (including phenoxy) is 1. The molecule has 0 fully saturated rings. The summed E-state index contributed by atoms with van der Waals surface area (Å²) in [6.07, 6.45) is 3.91. The predicted molar refractivity (Wildman–Crippen MR) is 112 cm³/mol. The van der Waals surface area contributed by atoms with Crippen LogP contribution in [-0.4, -0.2) is 18.5 Å². The van der Waals surface area contributed by atoms with Crippen molar-refractivity contribution >= 4 is 28.4 Å². The highest BCUT2D eigenvalue weighted by Gasteiger charge is 2.59. The Kier molecular flexibility index (Phi) is 3.26. The summed E-state index contributed by atoms with van der Waals surface area (Å²) in [5.41, 5.74) is 2.41. The predicted octanol–water partition coefficient (Wildman–Crippen LogP) is 5.61. The second-order valence-electron chi connectivity index (χ2n) is 7.73. The normalized spacial score (nSPS) is 21.8. The molecular weight excluding hydrogens is 332 g/mol. The van der Waals surface area contributed by atoms with E-state index < -0.39 is 5.72 Å². The zero-order valence-electron chi connectivity index (χ0n) is 15.6. The molecule has 27 heavy (non-hydrogen) atoms. The van der Waals surface area contributed by atoms with E-state index in [1.807, 2.05) is 30.5 Å². The van der Waals surface area contributed by atoms with Crippen molar-refractivity contribution in [2.45, 2.75) is 25.0 Å². The van der Waals surface area contributed by atoms with E-state index in [2.05, 4.69) is 67.8 Å². The first-order chi connectivity index (χ1) is 13.1. The fraction of sp³-hybridized carbons (Fsp3) is 0.208. The number of anilines is 1. The van der Waals surface area contributed by atoms with Crippen LogP contribution in [0.4, 0.5) is 11.4 Å². The van der Waals surface area contributed by atoms with Crippen molar-refractivity contribution in [3.63, 3.8) is 0 Å². The van der Waals surface area contributed by atoms with Crippen LogP contribution in [0, 0.1) is 0 Å². The summed E-state index contributed by atoms with van der Waals surface area (Å²) in [6.45, 7) is 9.11. The van der Waals surface area contributed by atoms with Crippen molar-refractivity contribution in [3.05, 3.63) is 78.9 Å².